The van der Waals surface area contributed by atoms with E-state index in [1.807, 2.05) is 0 Å². The smallest absolute Gasteiger partial charge is 0.148 e. The zero-order valence-corrected chi connectivity index (χ0v) is 11.1. The summed E-state index contributed by atoms with van der Waals surface area (Å²) in [7, 11) is 1.71. The highest BCUT2D eigenvalue weighted by molar-refractivity contribution is 9.10. The van der Waals surface area contributed by atoms with Gasteiger partial charge in [0.15, 0.2) is 0 Å². The molecule has 0 saturated carbocycles. The average Bonchev–Trinajstić information content (AvgIpc) is 2.62. The molecule has 2 rings (SSSR count). The van der Waals surface area contributed by atoms with Crippen molar-refractivity contribution in [3.05, 3.63) is 22.0 Å². The van der Waals surface area contributed by atoms with Crippen LogP contribution in [0.2, 0.25) is 0 Å². The first-order valence-corrected chi connectivity index (χ1v) is 6.95. The van der Waals surface area contributed by atoms with Crippen LogP contribution in [0.1, 0.15) is 0 Å². The van der Waals surface area contributed by atoms with Gasteiger partial charge in [0, 0.05) is 0 Å². The molecular weight excluding hydrogens is 280 g/mol. The van der Waals surface area contributed by atoms with Gasteiger partial charge in [-0.25, -0.2) is 0 Å². The third kappa shape index (κ3) is 1.55. The Hall–Kier alpha value is -0.190. The summed E-state index contributed by atoms with van der Waals surface area (Å²) in [5.41, 5.74) is 0. The van der Waals surface area contributed by atoms with Crippen LogP contribution in [-0.4, -0.2) is 13.4 Å². The molecule has 0 spiro atoms. The molecule has 2 aromatic rings. The minimum absolute atomic E-state index is 0.937. The van der Waals surface area contributed by atoms with E-state index in [2.05, 4.69) is 39.7 Å². The Morgan fingerprint density at radius 3 is 2.93 bits per heavy atom. The summed E-state index contributed by atoms with van der Waals surface area (Å²) in [6.07, 6.45) is 2.07. The summed E-state index contributed by atoms with van der Waals surface area (Å²) >= 11 is 7.00. The third-order valence-electron chi connectivity index (χ3n) is 2.02. The van der Waals surface area contributed by atoms with Crippen molar-refractivity contribution in [2.75, 3.05) is 13.4 Å². The average molecular weight is 289 g/mol. The van der Waals surface area contributed by atoms with E-state index in [9.17, 15) is 0 Å². The molecule has 0 N–H and O–H groups in total. The predicted molar refractivity (Wildman–Crippen MR) is 67.9 cm³/mol. The van der Waals surface area contributed by atoms with E-state index in [-0.39, 0.29) is 0 Å². The van der Waals surface area contributed by atoms with E-state index in [1.165, 1.54) is 15.0 Å². The summed E-state index contributed by atoms with van der Waals surface area (Å²) in [6.45, 7) is 0. The fraction of sp³-hybridized carbons (Fsp3) is 0.200. The molecule has 1 heterocycles. The number of benzene rings is 1. The molecule has 1 nitrogen and oxygen atoms in total. The van der Waals surface area contributed by atoms with Crippen LogP contribution in [0.5, 0.6) is 5.75 Å². The molecule has 14 heavy (non-hydrogen) atoms. The van der Waals surface area contributed by atoms with Gasteiger partial charge in [0.05, 0.1) is 21.2 Å². The second kappa shape index (κ2) is 4.13. The number of hydrogen-bond donors (Lipinski definition) is 0. The molecule has 74 valence electrons. The van der Waals surface area contributed by atoms with Crippen molar-refractivity contribution in [3.63, 3.8) is 0 Å². The fourth-order valence-corrected chi connectivity index (χ4v) is 4.03. The zero-order chi connectivity index (χ0) is 10.1. The van der Waals surface area contributed by atoms with Crippen LogP contribution in [0.15, 0.2) is 26.9 Å². The fourth-order valence-electron chi connectivity index (χ4n) is 1.41. The molecule has 0 aliphatic rings. The molecule has 1 aromatic heterocycles. The van der Waals surface area contributed by atoms with E-state index in [0.29, 0.717) is 0 Å². The summed E-state index contributed by atoms with van der Waals surface area (Å²) in [5, 5.41) is 3.38. The summed E-state index contributed by atoms with van der Waals surface area (Å²) in [6, 6.07) is 4.23. The SMILES string of the molecule is COc1c(Br)cc2ccsc2c1SC. The monoisotopic (exact) mass is 288 g/mol. The van der Waals surface area contributed by atoms with Crippen molar-refractivity contribution in [2.24, 2.45) is 0 Å². The van der Waals surface area contributed by atoms with E-state index >= 15 is 0 Å². The number of methoxy groups -OCH3 is 1. The number of halogens is 1. The lowest BCUT2D eigenvalue weighted by Crippen LogP contribution is -1.87. The molecule has 0 bridgehead atoms. The van der Waals surface area contributed by atoms with E-state index < -0.39 is 0 Å². The minimum Gasteiger partial charge on any atom is -0.494 e. The van der Waals surface area contributed by atoms with E-state index in [0.717, 1.165) is 10.2 Å². The maximum Gasteiger partial charge on any atom is 0.148 e. The molecule has 0 atom stereocenters. The van der Waals surface area contributed by atoms with Crippen molar-refractivity contribution < 1.29 is 4.74 Å². The van der Waals surface area contributed by atoms with Crippen LogP contribution in [0.4, 0.5) is 0 Å². The molecule has 0 saturated heterocycles. The van der Waals surface area contributed by atoms with Crippen molar-refractivity contribution in [3.8, 4) is 5.75 Å². The first kappa shape index (κ1) is 10.3. The lowest BCUT2D eigenvalue weighted by molar-refractivity contribution is 0.403. The second-order valence-corrected chi connectivity index (χ2v) is 5.35. The van der Waals surface area contributed by atoms with Crippen LogP contribution in [0.25, 0.3) is 10.1 Å². The Morgan fingerprint density at radius 1 is 1.50 bits per heavy atom. The van der Waals surface area contributed by atoms with E-state index in [4.69, 9.17) is 4.74 Å². The molecule has 0 fully saturated rings. The Morgan fingerprint density at radius 2 is 2.29 bits per heavy atom. The van der Waals surface area contributed by atoms with Gasteiger partial charge in [-0.1, -0.05) is 0 Å². The lowest BCUT2D eigenvalue weighted by Gasteiger charge is -2.09. The van der Waals surface area contributed by atoms with Crippen LogP contribution in [-0.2, 0) is 0 Å². The van der Waals surface area contributed by atoms with Gasteiger partial charge in [0.25, 0.3) is 0 Å². The van der Waals surface area contributed by atoms with Gasteiger partial charge in [-0.05, 0) is 45.1 Å². The molecule has 0 aliphatic carbocycles. The van der Waals surface area contributed by atoms with Gasteiger partial charge in [-0.3, -0.25) is 0 Å². The lowest BCUT2D eigenvalue weighted by atomic mass is 10.2. The molecule has 0 unspecified atom stereocenters. The van der Waals surface area contributed by atoms with Crippen LogP contribution < -0.4 is 4.74 Å². The normalized spacial score (nSPS) is 10.8. The Balaban J connectivity index is 2.82. The summed E-state index contributed by atoms with van der Waals surface area (Å²) < 4.78 is 7.71. The van der Waals surface area contributed by atoms with E-state index in [1.54, 1.807) is 30.2 Å². The molecular formula is C10H9BrOS2. The molecule has 4 heteroatoms. The van der Waals surface area contributed by atoms with Gasteiger partial charge in [0.1, 0.15) is 5.75 Å². The Labute approximate surface area is 99.6 Å². The highest BCUT2D eigenvalue weighted by Gasteiger charge is 2.12. The topological polar surface area (TPSA) is 9.23 Å². The molecule has 0 amide bonds. The number of rotatable bonds is 2. The highest BCUT2D eigenvalue weighted by atomic mass is 79.9. The van der Waals surface area contributed by atoms with Gasteiger partial charge in [0.2, 0.25) is 0 Å². The summed E-state index contributed by atoms with van der Waals surface area (Å²) in [5.74, 6) is 0.937. The highest BCUT2D eigenvalue weighted by Crippen LogP contribution is 2.42. The largest absolute Gasteiger partial charge is 0.494 e. The third-order valence-corrected chi connectivity index (χ3v) is 4.48. The molecule has 0 radical (unpaired) electrons. The Bertz CT molecular complexity index is 464. The van der Waals surface area contributed by atoms with Gasteiger partial charge >= 0.3 is 0 Å². The van der Waals surface area contributed by atoms with Gasteiger partial charge in [-0.15, -0.1) is 23.1 Å². The van der Waals surface area contributed by atoms with Crippen LogP contribution in [0.3, 0.4) is 0 Å². The maximum atomic E-state index is 5.38. The van der Waals surface area contributed by atoms with Crippen molar-refractivity contribution >= 4 is 49.1 Å². The van der Waals surface area contributed by atoms with Crippen LogP contribution >= 0.6 is 39.0 Å². The quantitative estimate of drug-likeness (QED) is 0.758. The number of hydrogen-bond acceptors (Lipinski definition) is 3. The number of fused-ring (bicyclic) bond motifs is 1. The summed E-state index contributed by atoms with van der Waals surface area (Å²) in [4.78, 5) is 1.21. The first-order chi connectivity index (χ1) is 6.77. The standard InChI is InChI=1S/C10H9BrOS2/c1-12-8-7(11)5-6-3-4-14-9(6)10(8)13-2/h3-5H,1-2H3. The molecule has 0 aliphatic heterocycles. The minimum atomic E-state index is 0.937. The van der Waals surface area contributed by atoms with Crippen molar-refractivity contribution in [1.29, 1.82) is 0 Å². The maximum absolute atomic E-state index is 5.38. The van der Waals surface area contributed by atoms with Crippen molar-refractivity contribution in [2.45, 2.75) is 4.90 Å². The van der Waals surface area contributed by atoms with Crippen LogP contribution in [0, 0.1) is 0 Å². The van der Waals surface area contributed by atoms with Gasteiger partial charge in [-0.2, -0.15) is 0 Å². The first-order valence-electron chi connectivity index (χ1n) is 4.05. The number of ether oxygens (including phenoxy) is 1. The van der Waals surface area contributed by atoms with Gasteiger partial charge < -0.3 is 4.74 Å². The predicted octanol–water partition coefficient (Wildman–Crippen LogP) is 4.39. The number of thioether (sulfide) groups is 1. The number of thiophene rings is 1. The zero-order valence-electron chi connectivity index (χ0n) is 7.83. The second-order valence-electron chi connectivity index (χ2n) is 2.76. The Kier molecular flexibility index (Phi) is 3.04. The van der Waals surface area contributed by atoms with Crippen molar-refractivity contribution in [1.82, 2.24) is 0 Å². The molecule has 1 aromatic carbocycles.